The number of amides is 1. The van der Waals surface area contributed by atoms with Crippen LogP contribution in [0.4, 0.5) is 0 Å². The molecule has 0 aromatic carbocycles. The van der Waals surface area contributed by atoms with Crippen molar-refractivity contribution in [2.45, 2.75) is 13.5 Å². The SMILES string of the molecule is Cc1nc2ccccn2c1C(=O)NCCn1ccc2ccoc2c1=O. The van der Waals surface area contributed by atoms with Gasteiger partial charge in [-0.1, -0.05) is 6.07 Å². The van der Waals surface area contributed by atoms with Crippen LogP contribution in [-0.4, -0.2) is 26.4 Å². The molecule has 0 aliphatic carbocycles. The van der Waals surface area contributed by atoms with Crippen molar-refractivity contribution >= 4 is 22.5 Å². The number of furan rings is 1. The lowest BCUT2D eigenvalue weighted by Crippen LogP contribution is -2.31. The van der Waals surface area contributed by atoms with E-state index in [2.05, 4.69) is 10.3 Å². The van der Waals surface area contributed by atoms with E-state index in [0.717, 1.165) is 11.0 Å². The van der Waals surface area contributed by atoms with E-state index in [0.29, 0.717) is 30.1 Å². The molecule has 0 spiro atoms. The van der Waals surface area contributed by atoms with Gasteiger partial charge in [-0.2, -0.15) is 0 Å². The van der Waals surface area contributed by atoms with Crippen molar-refractivity contribution in [3.63, 3.8) is 0 Å². The molecule has 0 saturated heterocycles. The highest BCUT2D eigenvalue weighted by Gasteiger charge is 2.15. The van der Waals surface area contributed by atoms with Crippen molar-refractivity contribution in [1.29, 1.82) is 0 Å². The van der Waals surface area contributed by atoms with Gasteiger partial charge in [0.25, 0.3) is 11.5 Å². The average molecular weight is 336 g/mol. The van der Waals surface area contributed by atoms with Crippen LogP contribution >= 0.6 is 0 Å². The molecule has 0 atom stereocenters. The zero-order valence-corrected chi connectivity index (χ0v) is 13.6. The lowest BCUT2D eigenvalue weighted by molar-refractivity contribution is 0.0945. The van der Waals surface area contributed by atoms with Gasteiger partial charge in [0.05, 0.1) is 12.0 Å². The smallest absolute Gasteiger partial charge is 0.294 e. The lowest BCUT2D eigenvalue weighted by atomic mass is 10.3. The summed E-state index contributed by atoms with van der Waals surface area (Å²) in [5.41, 5.74) is 2.01. The number of carbonyl (C=O) groups is 1. The van der Waals surface area contributed by atoms with Crippen molar-refractivity contribution in [1.82, 2.24) is 19.3 Å². The van der Waals surface area contributed by atoms with Crippen molar-refractivity contribution in [2.24, 2.45) is 0 Å². The molecule has 4 rings (SSSR count). The number of nitrogens with zero attached hydrogens (tertiary/aromatic N) is 3. The number of aromatic nitrogens is 3. The van der Waals surface area contributed by atoms with Crippen LogP contribution in [0.3, 0.4) is 0 Å². The summed E-state index contributed by atoms with van der Waals surface area (Å²) in [5.74, 6) is -0.219. The van der Waals surface area contributed by atoms with Crippen molar-refractivity contribution in [3.05, 3.63) is 70.7 Å². The van der Waals surface area contributed by atoms with Gasteiger partial charge in [-0.3, -0.25) is 14.0 Å². The van der Waals surface area contributed by atoms with Crippen molar-refractivity contribution in [3.8, 4) is 0 Å². The van der Waals surface area contributed by atoms with Crippen LogP contribution in [0.5, 0.6) is 0 Å². The fourth-order valence-electron chi connectivity index (χ4n) is 2.93. The predicted octanol–water partition coefficient (Wildman–Crippen LogP) is 1.98. The second kappa shape index (κ2) is 5.94. The Morgan fingerprint density at radius 1 is 1.24 bits per heavy atom. The molecule has 0 unspecified atom stereocenters. The maximum atomic E-state index is 12.5. The van der Waals surface area contributed by atoms with E-state index < -0.39 is 0 Å². The van der Waals surface area contributed by atoms with E-state index in [1.807, 2.05) is 24.3 Å². The maximum Gasteiger partial charge on any atom is 0.294 e. The van der Waals surface area contributed by atoms with Gasteiger partial charge >= 0.3 is 0 Å². The van der Waals surface area contributed by atoms with Gasteiger partial charge in [-0.25, -0.2) is 4.98 Å². The van der Waals surface area contributed by atoms with Crippen LogP contribution in [0.15, 0.2) is 58.2 Å². The van der Waals surface area contributed by atoms with Gasteiger partial charge in [0.2, 0.25) is 0 Å². The number of pyridine rings is 2. The number of hydrogen-bond donors (Lipinski definition) is 1. The number of nitrogens with one attached hydrogen (secondary N) is 1. The molecule has 0 fully saturated rings. The fraction of sp³-hybridized carbons (Fsp3) is 0.167. The Morgan fingerprint density at radius 3 is 3.00 bits per heavy atom. The Labute approximate surface area is 142 Å². The van der Waals surface area contributed by atoms with Crippen LogP contribution in [0.1, 0.15) is 16.2 Å². The Kier molecular flexibility index (Phi) is 3.61. The van der Waals surface area contributed by atoms with Gasteiger partial charge in [-0.15, -0.1) is 0 Å². The molecular weight excluding hydrogens is 320 g/mol. The number of rotatable bonds is 4. The molecular formula is C18H16N4O3. The normalized spacial score (nSPS) is 11.2. The summed E-state index contributed by atoms with van der Waals surface area (Å²) in [6.45, 7) is 2.48. The molecule has 0 bridgehead atoms. The van der Waals surface area contributed by atoms with Gasteiger partial charge in [0.1, 0.15) is 11.3 Å². The molecule has 4 heterocycles. The summed E-state index contributed by atoms with van der Waals surface area (Å²) < 4.78 is 8.48. The summed E-state index contributed by atoms with van der Waals surface area (Å²) in [6.07, 6.45) is 5.00. The summed E-state index contributed by atoms with van der Waals surface area (Å²) in [7, 11) is 0. The van der Waals surface area contributed by atoms with Crippen LogP contribution < -0.4 is 10.9 Å². The quantitative estimate of drug-likeness (QED) is 0.618. The maximum absolute atomic E-state index is 12.5. The zero-order chi connectivity index (χ0) is 17.4. The number of carbonyl (C=O) groups excluding carboxylic acids is 1. The predicted molar refractivity (Wildman–Crippen MR) is 92.7 cm³/mol. The Bertz CT molecular complexity index is 1140. The van der Waals surface area contributed by atoms with E-state index in [-0.39, 0.29) is 11.5 Å². The molecule has 0 radical (unpaired) electrons. The molecule has 4 aromatic rings. The fourth-order valence-corrected chi connectivity index (χ4v) is 2.93. The monoisotopic (exact) mass is 336 g/mol. The van der Waals surface area contributed by atoms with Gasteiger partial charge in [-0.05, 0) is 31.2 Å². The molecule has 1 amide bonds. The lowest BCUT2D eigenvalue weighted by Gasteiger charge is -2.08. The number of fused-ring (bicyclic) bond motifs is 2. The molecule has 7 heteroatoms. The molecule has 1 N–H and O–H groups in total. The molecule has 126 valence electrons. The largest absolute Gasteiger partial charge is 0.459 e. The van der Waals surface area contributed by atoms with Crippen LogP contribution in [-0.2, 0) is 6.54 Å². The minimum Gasteiger partial charge on any atom is -0.459 e. The number of aryl methyl sites for hydroxylation is 1. The van der Waals surface area contributed by atoms with Crippen molar-refractivity contribution < 1.29 is 9.21 Å². The van der Waals surface area contributed by atoms with Gasteiger partial charge in [0.15, 0.2) is 5.58 Å². The summed E-state index contributed by atoms with van der Waals surface area (Å²) in [5, 5.41) is 3.62. The highest BCUT2D eigenvalue weighted by molar-refractivity contribution is 5.94. The zero-order valence-electron chi connectivity index (χ0n) is 13.6. The van der Waals surface area contributed by atoms with Crippen LogP contribution in [0.25, 0.3) is 16.6 Å². The summed E-state index contributed by atoms with van der Waals surface area (Å²) in [4.78, 5) is 29.2. The number of hydrogen-bond acceptors (Lipinski definition) is 4. The molecule has 0 saturated carbocycles. The topological polar surface area (TPSA) is 81.5 Å². The minimum atomic E-state index is -0.219. The molecule has 4 aromatic heterocycles. The second-order valence-corrected chi connectivity index (χ2v) is 5.75. The van der Waals surface area contributed by atoms with E-state index in [1.165, 1.54) is 10.8 Å². The van der Waals surface area contributed by atoms with E-state index >= 15 is 0 Å². The highest BCUT2D eigenvalue weighted by Crippen LogP contribution is 2.12. The number of imidazole rings is 1. The Balaban J connectivity index is 1.51. The third-order valence-electron chi connectivity index (χ3n) is 4.14. The molecule has 25 heavy (non-hydrogen) atoms. The molecule has 0 aliphatic heterocycles. The first-order valence-electron chi connectivity index (χ1n) is 7.93. The first-order chi connectivity index (χ1) is 12.1. The highest BCUT2D eigenvalue weighted by atomic mass is 16.3. The Hall–Kier alpha value is -3.35. The second-order valence-electron chi connectivity index (χ2n) is 5.75. The van der Waals surface area contributed by atoms with Crippen molar-refractivity contribution in [2.75, 3.05) is 6.54 Å². The first kappa shape index (κ1) is 15.2. The third-order valence-corrected chi connectivity index (χ3v) is 4.14. The standard InChI is InChI=1S/C18H16N4O3/c1-12-15(22-8-3-2-4-14(22)20-12)17(23)19-7-10-21-9-5-13-6-11-25-16(13)18(21)24/h2-6,8-9,11H,7,10H2,1H3,(H,19,23). The van der Waals surface area contributed by atoms with Crippen LogP contribution in [0.2, 0.25) is 0 Å². The average Bonchev–Trinajstić information content (AvgIpc) is 3.20. The molecule has 0 aliphatic rings. The summed E-state index contributed by atoms with van der Waals surface area (Å²) >= 11 is 0. The Morgan fingerprint density at radius 2 is 2.12 bits per heavy atom. The van der Waals surface area contributed by atoms with E-state index in [4.69, 9.17) is 4.42 Å². The van der Waals surface area contributed by atoms with Crippen LogP contribution in [0, 0.1) is 6.92 Å². The van der Waals surface area contributed by atoms with Gasteiger partial charge in [0, 0.05) is 30.9 Å². The first-order valence-corrected chi connectivity index (χ1v) is 7.93. The minimum absolute atomic E-state index is 0.206. The van der Waals surface area contributed by atoms with E-state index in [1.54, 1.807) is 29.8 Å². The van der Waals surface area contributed by atoms with E-state index in [9.17, 15) is 9.59 Å². The third kappa shape index (κ3) is 2.59. The molecule has 7 nitrogen and oxygen atoms in total. The van der Waals surface area contributed by atoms with Gasteiger partial charge < -0.3 is 14.3 Å². The summed E-state index contributed by atoms with van der Waals surface area (Å²) in [6, 6.07) is 9.14.